The lowest BCUT2D eigenvalue weighted by Gasteiger charge is -2.27. The standard InChI is InChI=1S/C20H27N5O/c1-16(24(2)17-9-4-3-5-10-17)15-22-20(26)23-18-11-8-12-21-19(18)25-13-6-7-14-25/h3-5,8-12,16H,6-7,13-15H2,1-2H3,(H2,22,23,26)/t16-/m1/s1. The summed E-state index contributed by atoms with van der Waals surface area (Å²) in [5.74, 6) is 0.856. The van der Waals surface area contributed by atoms with Gasteiger partial charge in [-0.3, -0.25) is 0 Å². The van der Waals surface area contributed by atoms with Crippen molar-refractivity contribution in [3.05, 3.63) is 48.7 Å². The summed E-state index contributed by atoms with van der Waals surface area (Å²) in [7, 11) is 2.03. The molecule has 2 N–H and O–H groups in total. The Hall–Kier alpha value is -2.76. The molecule has 1 aromatic carbocycles. The number of benzene rings is 1. The van der Waals surface area contributed by atoms with Crippen LogP contribution in [0.2, 0.25) is 0 Å². The van der Waals surface area contributed by atoms with Crippen LogP contribution in [0.5, 0.6) is 0 Å². The molecule has 2 amide bonds. The summed E-state index contributed by atoms with van der Waals surface area (Å²) >= 11 is 0. The van der Waals surface area contributed by atoms with E-state index in [0.29, 0.717) is 6.54 Å². The maximum absolute atomic E-state index is 12.4. The smallest absolute Gasteiger partial charge is 0.319 e. The van der Waals surface area contributed by atoms with Crippen LogP contribution in [0.25, 0.3) is 0 Å². The van der Waals surface area contributed by atoms with Crippen molar-refractivity contribution in [1.29, 1.82) is 0 Å². The maximum atomic E-state index is 12.4. The second-order valence-electron chi connectivity index (χ2n) is 6.70. The van der Waals surface area contributed by atoms with Crippen LogP contribution >= 0.6 is 0 Å². The number of rotatable bonds is 6. The molecule has 6 nitrogen and oxygen atoms in total. The van der Waals surface area contributed by atoms with Crippen molar-refractivity contribution < 1.29 is 4.79 Å². The number of anilines is 3. The van der Waals surface area contributed by atoms with Crippen LogP contribution in [0.1, 0.15) is 19.8 Å². The van der Waals surface area contributed by atoms with E-state index in [1.165, 1.54) is 12.8 Å². The number of carbonyl (C=O) groups excluding carboxylic acids is 1. The molecule has 0 radical (unpaired) electrons. The van der Waals surface area contributed by atoms with Gasteiger partial charge in [-0.1, -0.05) is 18.2 Å². The van der Waals surface area contributed by atoms with E-state index in [1.807, 2.05) is 37.4 Å². The maximum Gasteiger partial charge on any atom is 0.319 e. The number of nitrogens with zero attached hydrogens (tertiary/aromatic N) is 3. The number of carbonyl (C=O) groups is 1. The van der Waals surface area contributed by atoms with E-state index in [-0.39, 0.29) is 12.1 Å². The minimum Gasteiger partial charge on any atom is -0.370 e. The fourth-order valence-electron chi connectivity index (χ4n) is 3.14. The first-order chi connectivity index (χ1) is 12.6. The van der Waals surface area contributed by atoms with Crippen LogP contribution in [0, 0.1) is 0 Å². The first-order valence-electron chi connectivity index (χ1n) is 9.18. The number of aromatic nitrogens is 1. The van der Waals surface area contributed by atoms with Crippen molar-refractivity contribution in [3.63, 3.8) is 0 Å². The van der Waals surface area contributed by atoms with Crippen molar-refractivity contribution in [3.8, 4) is 0 Å². The number of urea groups is 1. The highest BCUT2D eigenvalue weighted by molar-refractivity contribution is 5.92. The molecular formula is C20H27N5O. The number of amides is 2. The second kappa shape index (κ2) is 8.56. The van der Waals surface area contributed by atoms with Gasteiger partial charge in [0.1, 0.15) is 0 Å². The van der Waals surface area contributed by atoms with Crippen molar-refractivity contribution in [2.75, 3.05) is 41.8 Å². The van der Waals surface area contributed by atoms with Gasteiger partial charge in [-0.25, -0.2) is 9.78 Å². The molecule has 6 heteroatoms. The van der Waals surface area contributed by atoms with Gasteiger partial charge in [0.2, 0.25) is 0 Å². The highest BCUT2D eigenvalue weighted by Crippen LogP contribution is 2.25. The summed E-state index contributed by atoms with van der Waals surface area (Å²) < 4.78 is 0. The van der Waals surface area contributed by atoms with Gasteiger partial charge < -0.3 is 20.4 Å². The lowest BCUT2D eigenvalue weighted by Crippen LogP contribution is -2.41. The lowest BCUT2D eigenvalue weighted by atomic mass is 10.2. The van der Waals surface area contributed by atoms with E-state index in [9.17, 15) is 4.79 Å². The van der Waals surface area contributed by atoms with Gasteiger partial charge in [0, 0.05) is 44.6 Å². The average molecular weight is 353 g/mol. The van der Waals surface area contributed by atoms with Gasteiger partial charge in [-0.15, -0.1) is 0 Å². The SMILES string of the molecule is C[C@H](CNC(=O)Nc1cccnc1N1CCCC1)N(C)c1ccccc1. The van der Waals surface area contributed by atoms with Gasteiger partial charge in [-0.05, 0) is 44.0 Å². The van der Waals surface area contributed by atoms with Gasteiger partial charge in [0.15, 0.2) is 5.82 Å². The van der Waals surface area contributed by atoms with E-state index in [2.05, 4.69) is 44.5 Å². The zero-order valence-electron chi connectivity index (χ0n) is 15.5. The topological polar surface area (TPSA) is 60.5 Å². The van der Waals surface area contributed by atoms with E-state index >= 15 is 0 Å². The molecule has 2 aromatic rings. The molecule has 1 aliphatic heterocycles. The predicted molar refractivity (Wildman–Crippen MR) is 107 cm³/mol. The Kier molecular flexibility index (Phi) is 5.94. The van der Waals surface area contributed by atoms with Gasteiger partial charge in [0.05, 0.1) is 5.69 Å². The summed E-state index contributed by atoms with van der Waals surface area (Å²) in [5, 5.41) is 5.91. The minimum absolute atomic E-state index is 0.176. The lowest BCUT2D eigenvalue weighted by molar-refractivity contribution is 0.251. The number of pyridine rings is 1. The molecule has 0 spiro atoms. The molecule has 0 aliphatic carbocycles. The quantitative estimate of drug-likeness (QED) is 0.836. The van der Waals surface area contributed by atoms with Crippen molar-refractivity contribution in [1.82, 2.24) is 10.3 Å². The molecule has 3 rings (SSSR count). The molecule has 1 saturated heterocycles. The molecule has 0 bridgehead atoms. The Morgan fingerprint density at radius 1 is 1.19 bits per heavy atom. The molecule has 2 heterocycles. The summed E-state index contributed by atoms with van der Waals surface area (Å²) in [4.78, 5) is 21.2. The number of para-hydroxylation sites is 1. The zero-order chi connectivity index (χ0) is 18.4. The monoisotopic (exact) mass is 353 g/mol. The molecule has 0 unspecified atom stereocenters. The highest BCUT2D eigenvalue weighted by Gasteiger charge is 2.18. The first-order valence-corrected chi connectivity index (χ1v) is 9.18. The van der Waals surface area contributed by atoms with Crippen LogP contribution in [-0.4, -0.2) is 43.7 Å². The fraction of sp³-hybridized carbons (Fsp3) is 0.400. The Labute approximate surface area is 155 Å². The third-order valence-corrected chi connectivity index (χ3v) is 4.82. The van der Waals surface area contributed by atoms with Crippen molar-refractivity contribution >= 4 is 23.2 Å². The van der Waals surface area contributed by atoms with Crippen LogP contribution in [0.15, 0.2) is 48.7 Å². The molecular weight excluding hydrogens is 326 g/mol. The molecule has 0 saturated carbocycles. The zero-order valence-corrected chi connectivity index (χ0v) is 15.5. The van der Waals surface area contributed by atoms with E-state index in [0.717, 1.165) is 30.3 Å². The van der Waals surface area contributed by atoms with Crippen LogP contribution in [0.4, 0.5) is 22.0 Å². The predicted octanol–water partition coefficient (Wildman–Crippen LogP) is 3.33. The Morgan fingerprint density at radius 3 is 2.65 bits per heavy atom. The average Bonchev–Trinajstić information content (AvgIpc) is 3.21. The summed E-state index contributed by atoms with van der Waals surface area (Å²) in [6.45, 7) is 4.63. The van der Waals surface area contributed by atoms with E-state index in [4.69, 9.17) is 0 Å². The molecule has 1 atom stereocenters. The normalized spacial score (nSPS) is 14.8. The largest absolute Gasteiger partial charge is 0.370 e. The molecule has 138 valence electrons. The van der Waals surface area contributed by atoms with Crippen LogP contribution < -0.4 is 20.4 Å². The van der Waals surface area contributed by atoms with Gasteiger partial charge in [0.25, 0.3) is 0 Å². The van der Waals surface area contributed by atoms with Crippen molar-refractivity contribution in [2.45, 2.75) is 25.8 Å². The van der Waals surface area contributed by atoms with Gasteiger partial charge in [-0.2, -0.15) is 0 Å². The summed E-state index contributed by atoms with van der Waals surface area (Å²) in [6.07, 6.45) is 4.12. The number of hydrogen-bond acceptors (Lipinski definition) is 4. The van der Waals surface area contributed by atoms with Crippen LogP contribution in [-0.2, 0) is 0 Å². The summed E-state index contributed by atoms with van der Waals surface area (Å²) in [5.41, 5.74) is 1.89. The van der Waals surface area contributed by atoms with Gasteiger partial charge >= 0.3 is 6.03 Å². The molecule has 1 fully saturated rings. The Balaban J connectivity index is 1.54. The Bertz CT molecular complexity index is 715. The number of likely N-dealkylation sites (N-methyl/N-ethyl adjacent to an activating group) is 1. The highest BCUT2D eigenvalue weighted by atomic mass is 16.2. The third kappa shape index (κ3) is 4.45. The fourth-order valence-corrected chi connectivity index (χ4v) is 3.14. The van der Waals surface area contributed by atoms with E-state index < -0.39 is 0 Å². The number of nitrogens with one attached hydrogen (secondary N) is 2. The third-order valence-electron chi connectivity index (χ3n) is 4.82. The first kappa shape index (κ1) is 18.0. The molecule has 1 aromatic heterocycles. The van der Waals surface area contributed by atoms with Crippen LogP contribution in [0.3, 0.4) is 0 Å². The minimum atomic E-state index is -0.202. The van der Waals surface area contributed by atoms with Crippen molar-refractivity contribution in [2.24, 2.45) is 0 Å². The molecule has 26 heavy (non-hydrogen) atoms. The number of hydrogen-bond donors (Lipinski definition) is 2. The molecule has 1 aliphatic rings. The summed E-state index contributed by atoms with van der Waals surface area (Å²) in [6, 6.07) is 13.9. The Morgan fingerprint density at radius 2 is 1.92 bits per heavy atom. The second-order valence-corrected chi connectivity index (χ2v) is 6.70. The van der Waals surface area contributed by atoms with E-state index in [1.54, 1.807) is 6.20 Å².